The van der Waals surface area contributed by atoms with Crippen LogP contribution in [0.2, 0.25) is 0 Å². The fourth-order valence-corrected chi connectivity index (χ4v) is 4.53. The number of aryl methyl sites for hydroxylation is 1. The smallest absolute Gasteiger partial charge is 0.0783 e. The molecule has 2 unspecified atom stereocenters. The van der Waals surface area contributed by atoms with Crippen LogP contribution in [-0.4, -0.2) is 4.98 Å². The maximum Gasteiger partial charge on any atom is 0.0783 e. The highest BCUT2D eigenvalue weighted by atomic mass is 14.7. The molecule has 2 aromatic carbocycles. The van der Waals surface area contributed by atoms with Gasteiger partial charge in [-0.15, -0.1) is 0 Å². The highest BCUT2D eigenvalue weighted by molar-refractivity contribution is 6.00. The Morgan fingerprint density at radius 1 is 1.04 bits per heavy atom. The third kappa shape index (κ3) is 2.18. The first-order valence-electron chi connectivity index (χ1n) is 9.35. The van der Waals surface area contributed by atoms with Crippen LogP contribution >= 0.6 is 0 Å². The summed E-state index contributed by atoms with van der Waals surface area (Å²) in [4.78, 5) is 4.83. The summed E-state index contributed by atoms with van der Waals surface area (Å²) in [6, 6.07) is 15.6. The average Bonchev–Trinajstić information content (AvgIpc) is 3.29. The molecule has 0 saturated heterocycles. The minimum absolute atomic E-state index is 0.300. The number of pyridine rings is 1. The van der Waals surface area contributed by atoms with Crippen molar-refractivity contribution in [2.75, 3.05) is 0 Å². The molecule has 0 aliphatic heterocycles. The van der Waals surface area contributed by atoms with E-state index < -0.39 is 0 Å². The van der Waals surface area contributed by atoms with Gasteiger partial charge in [0.25, 0.3) is 0 Å². The van der Waals surface area contributed by atoms with Crippen molar-refractivity contribution in [1.82, 2.24) is 4.98 Å². The molecule has 0 amide bonds. The number of rotatable bonds is 2. The fourth-order valence-electron chi connectivity index (χ4n) is 4.53. The van der Waals surface area contributed by atoms with Crippen LogP contribution < -0.4 is 0 Å². The first-order valence-corrected chi connectivity index (χ1v) is 9.35. The van der Waals surface area contributed by atoms with Crippen molar-refractivity contribution in [1.29, 1.82) is 0 Å². The molecule has 2 aliphatic rings. The molecule has 1 heterocycles. The predicted octanol–water partition coefficient (Wildman–Crippen LogP) is 6.16. The zero-order valence-electron chi connectivity index (χ0n) is 14.9. The van der Waals surface area contributed by atoms with Crippen LogP contribution in [0.5, 0.6) is 0 Å². The molecular weight excluding hydrogens is 302 g/mol. The van der Waals surface area contributed by atoms with Crippen molar-refractivity contribution < 1.29 is 0 Å². The van der Waals surface area contributed by atoms with E-state index in [2.05, 4.69) is 68.5 Å². The van der Waals surface area contributed by atoms with Crippen molar-refractivity contribution in [3.05, 3.63) is 71.4 Å². The molecule has 0 bridgehead atoms. The number of fused-ring (bicyclic) bond motifs is 3. The van der Waals surface area contributed by atoms with Crippen LogP contribution in [-0.2, 0) is 11.8 Å². The highest BCUT2D eigenvalue weighted by Gasteiger charge is 2.49. The molecular formula is C24H23N. The van der Waals surface area contributed by atoms with E-state index in [1.54, 1.807) is 0 Å². The molecule has 3 aromatic rings. The first-order chi connectivity index (χ1) is 12.2. The third-order valence-electron chi connectivity index (χ3n) is 6.40. The van der Waals surface area contributed by atoms with Crippen molar-refractivity contribution in [3.8, 4) is 11.3 Å². The van der Waals surface area contributed by atoms with Gasteiger partial charge in [0.1, 0.15) is 0 Å². The van der Waals surface area contributed by atoms with Gasteiger partial charge in [-0.2, -0.15) is 0 Å². The second kappa shape index (κ2) is 5.29. The Kier molecular flexibility index (Phi) is 3.15. The number of hydrogen-bond donors (Lipinski definition) is 0. The highest BCUT2D eigenvalue weighted by Crippen LogP contribution is 2.56. The monoisotopic (exact) mass is 325 g/mol. The van der Waals surface area contributed by atoms with E-state index in [4.69, 9.17) is 4.98 Å². The van der Waals surface area contributed by atoms with Crippen LogP contribution in [0.3, 0.4) is 0 Å². The lowest BCUT2D eigenvalue weighted by Crippen LogP contribution is -2.06. The molecule has 1 fully saturated rings. The van der Waals surface area contributed by atoms with E-state index in [0.29, 0.717) is 5.41 Å². The van der Waals surface area contributed by atoms with Gasteiger partial charge in [0, 0.05) is 17.1 Å². The zero-order valence-corrected chi connectivity index (χ0v) is 14.9. The normalized spacial score (nSPS) is 24.3. The fraction of sp³-hybridized carbons (Fsp3) is 0.292. The van der Waals surface area contributed by atoms with E-state index in [-0.39, 0.29) is 0 Å². The number of hydrogen-bond acceptors (Lipinski definition) is 1. The molecule has 0 radical (unpaired) electrons. The zero-order chi connectivity index (χ0) is 17.0. The van der Waals surface area contributed by atoms with Crippen molar-refractivity contribution in [2.24, 2.45) is 5.92 Å². The maximum atomic E-state index is 4.83. The standard InChI is InChI=1S/C24H23N/c1-16-15-24(16,2)22-10-6-5-9-21(22)23-20-12-11-17-7-3-4-8-18(17)19(20)13-14-25-23/h4-6,8-14,16H,3,7,15H2,1-2H3. The van der Waals surface area contributed by atoms with Crippen LogP contribution in [0.1, 0.15) is 43.4 Å². The van der Waals surface area contributed by atoms with E-state index >= 15 is 0 Å². The Hall–Kier alpha value is -2.41. The van der Waals surface area contributed by atoms with Gasteiger partial charge in [-0.1, -0.05) is 62.4 Å². The Balaban J connectivity index is 1.77. The Morgan fingerprint density at radius 2 is 1.88 bits per heavy atom. The van der Waals surface area contributed by atoms with E-state index in [9.17, 15) is 0 Å². The summed E-state index contributed by atoms with van der Waals surface area (Å²) < 4.78 is 0. The van der Waals surface area contributed by atoms with Gasteiger partial charge in [0.05, 0.1) is 5.69 Å². The first kappa shape index (κ1) is 14.9. The van der Waals surface area contributed by atoms with Crippen molar-refractivity contribution in [2.45, 2.75) is 38.5 Å². The summed E-state index contributed by atoms with van der Waals surface area (Å²) in [5, 5.41) is 2.61. The molecule has 2 atom stereocenters. The second-order valence-electron chi connectivity index (χ2n) is 7.90. The lowest BCUT2D eigenvalue weighted by atomic mass is 9.87. The van der Waals surface area contributed by atoms with Crippen LogP contribution in [0.15, 0.2) is 54.7 Å². The summed E-state index contributed by atoms with van der Waals surface area (Å²) in [7, 11) is 0. The van der Waals surface area contributed by atoms with Gasteiger partial charge in [0.15, 0.2) is 0 Å². The van der Waals surface area contributed by atoms with Crippen LogP contribution in [0.25, 0.3) is 28.1 Å². The van der Waals surface area contributed by atoms with Crippen molar-refractivity contribution >= 4 is 16.8 Å². The molecule has 124 valence electrons. The Labute approximate surface area is 149 Å². The minimum atomic E-state index is 0.300. The second-order valence-corrected chi connectivity index (χ2v) is 7.90. The van der Waals surface area contributed by atoms with Crippen LogP contribution in [0, 0.1) is 5.92 Å². The van der Waals surface area contributed by atoms with Gasteiger partial charge >= 0.3 is 0 Å². The summed E-state index contributed by atoms with van der Waals surface area (Å²) in [5.41, 5.74) is 7.04. The van der Waals surface area contributed by atoms with Gasteiger partial charge < -0.3 is 0 Å². The molecule has 5 rings (SSSR count). The Morgan fingerprint density at radius 3 is 2.72 bits per heavy atom. The molecule has 25 heavy (non-hydrogen) atoms. The molecule has 1 aromatic heterocycles. The summed E-state index contributed by atoms with van der Waals surface area (Å²) in [6.45, 7) is 4.75. The summed E-state index contributed by atoms with van der Waals surface area (Å²) in [6.07, 6.45) is 10.1. The SMILES string of the molecule is CC1CC1(C)c1ccccc1-c1nccc2c3c(ccc12)CCC=C3. The third-order valence-corrected chi connectivity index (χ3v) is 6.40. The van der Waals surface area contributed by atoms with E-state index in [1.807, 2.05) is 6.20 Å². The number of nitrogens with zero attached hydrogens (tertiary/aromatic N) is 1. The Bertz CT molecular complexity index is 1010. The lowest BCUT2D eigenvalue weighted by Gasteiger charge is -2.19. The number of allylic oxidation sites excluding steroid dienone is 1. The molecule has 2 aliphatic carbocycles. The van der Waals surface area contributed by atoms with E-state index in [1.165, 1.54) is 39.4 Å². The largest absolute Gasteiger partial charge is 0.256 e. The maximum absolute atomic E-state index is 4.83. The lowest BCUT2D eigenvalue weighted by molar-refractivity contribution is 0.703. The van der Waals surface area contributed by atoms with Crippen LogP contribution in [0.4, 0.5) is 0 Å². The molecule has 0 spiro atoms. The number of aromatic nitrogens is 1. The van der Waals surface area contributed by atoms with Gasteiger partial charge in [-0.3, -0.25) is 4.98 Å². The number of benzene rings is 2. The van der Waals surface area contributed by atoms with E-state index in [0.717, 1.165) is 24.5 Å². The minimum Gasteiger partial charge on any atom is -0.256 e. The molecule has 1 nitrogen and oxygen atoms in total. The molecule has 1 heteroatoms. The predicted molar refractivity (Wildman–Crippen MR) is 106 cm³/mol. The quantitative estimate of drug-likeness (QED) is 0.550. The van der Waals surface area contributed by atoms with Crippen molar-refractivity contribution in [3.63, 3.8) is 0 Å². The summed E-state index contributed by atoms with van der Waals surface area (Å²) >= 11 is 0. The molecule has 1 saturated carbocycles. The van der Waals surface area contributed by atoms with Gasteiger partial charge in [-0.05, 0) is 58.7 Å². The average molecular weight is 325 g/mol. The topological polar surface area (TPSA) is 12.9 Å². The van der Waals surface area contributed by atoms with Gasteiger partial charge in [-0.25, -0.2) is 0 Å². The molecule has 0 N–H and O–H groups in total. The summed E-state index contributed by atoms with van der Waals surface area (Å²) in [5.74, 6) is 0.749. The van der Waals surface area contributed by atoms with Gasteiger partial charge in [0.2, 0.25) is 0 Å².